The summed E-state index contributed by atoms with van der Waals surface area (Å²) >= 11 is 0. The van der Waals surface area contributed by atoms with Crippen molar-refractivity contribution in [1.29, 1.82) is 0 Å². The zero-order valence-electron chi connectivity index (χ0n) is 10.2. The Morgan fingerprint density at radius 3 is 2.44 bits per heavy atom. The van der Waals surface area contributed by atoms with E-state index in [1.165, 1.54) is 0 Å². The highest BCUT2D eigenvalue weighted by molar-refractivity contribution is 5.60. The predicted octanol–water partition coefficient (Wildman–Crippen LogP) is 3.22. The van der Waals surface area contributed by atoms with Crippen LogP contribution >= 0.6 is 0 Å². The third kappa shape index (κ3) is 2.63. The highest BCUT2D eigenvalue weighted by Gasteiger charge is 2.01. The Hall–Kier alpha value is -2.43. The first-order valence-electron chi connectivity index (χ1n) is 5.72. The second-order valence-electron chi connectivity index (χ2n) is 3.82. The lowest BCUT2D eigenvalue weighted by atomic mass is 10.1. The van der Waals surface area contributed by atoms with Crippen molar-refractivity contribution in [2.24, 2.45) is 10.2 Å². The van der Waals surface area contributed by atoms with Crippen molar-refractivity contribution in [3.63, 3.8) is 0 Å². The maximum atomic E-state index is 5.71. The van der Waals surface area contributed by atoms with Crippen LogP contribution in [0.4, 0.5) is 23.0 Å². The van der Waals surface area contributed by atoms with E-state index in [9.17, 15) is 0 Å². The summed E-state index contributed by atoms with van der Waals surface area (Å²) in [5.74, 6) is 0.660. The number of benzene rings is 1. The number of aromatic nitrogens is 1. The lowest BCUT2D eigenvalue weighted by Gasteiger charge is -2.01. The van der Waals surface area contributed by atoms with Gasteiger partial charge in [0, 0.05) is 0 Å². The number of hydrogen-bond donors (Lipinski definition) is 2. The molecule has 0 aliphatic carbocycles. The van der Waals surface area contributed by atoms with Crippen LogP contribution in [-0.2, 0) is 6.42 Å². The third-order valence-electron chi connectivity index (χ3n) is 2.56. The van der Waals surface area contributed by atoms with Crippen LogP contribution in [-0.4, -0.2) is 4.98 Å². The van der Waals surface area contributed by atoms with E-state index in [0.29, 0.717) is 11.5 Å². The maximum absolute atomic E-state index is 5.71. The molecule has 1 aromatic heterocycles. The molecule has 0 amide bonds. The van der Waals surface area contributed by atoms with Crippen LogP contribution in [0.2, 0.25) is 0 Å². The standard InChI is InChI=1S/C13H15N5/c1-2-9-5-3-4-6-10(9)17-18-11-7-8-12(14)16-13(11)15/h3-8H,2H2,1H3,(H4,14,15,16). The molecule has 0 spiro atoms. The number of hydrogen-bond acceptors (Lipinski definition) is 5. The Labute approximate surface area is 106 Å². The van der Waals surface area contributed by atoms with E-state index in [4.69, 9.17) is 11.5 Å². The summed E-state index contributed by atoms with van der Waals surface area (Å²) in [4.78, 5) is 3.93. The fraction of sp³-hybridized carbons (Fsp3) is 0.154. The highest BCUT2D eigenvalue weighted by Crippen LogP contribution is 2.25. The molecule has 18 heavy (non-hydrogen) atoms. The van der Waals surface area contributed by atoms with Gasteiger partial charge in [-0.05, 0) is 30.2 Å². The molecule has 0 aliphatic heterocycles. The van der Waals surface area contributed by atoms with E-state index in [1.807, 2.05) is 24.3 Å². The van der Waals surface area contributed by atoms with Crippen molar-refractivity contribution < 1.29 is 0 Å². The molecule has 0 saturated heterocycles. The minimum atomic E-state index is 0.285. The second-order valence-corrected chi connectivity index (χ2v) is 3.82. The fourth-order valence-corrected chi connectivity index (χ4v) is 1.58. The number of nitrogen functional groups attached to an aromatic ring is 2. The summed E-state index contributed by atoms with van der Waals surface area (Å²) in [5.41, 5.74) is 13.7. The summed E-state index contributed by atoms with van der Waals surface area (Å²) in [6.07, 6.45) is 0.907. The van der Waals surface area contributed by atoms with Gasteiger partial charge in [-0.15, -0.1) is 5.11 Å². The highest BCUT2D eigenvalue weighted by atomic mass is 15.1. The maximum Gasteiger partial charge on any atom is 0.153 e. The molecule has 5 nitrogen and oxygen atoms in total. The molecule has 0 fully saturated rings. The normalized spacial score (nSPS) is 10.9. The van der Waals surface area contributed by atoms with Crippen molar-refractivity contribution in [1.82, 2.24) is 4.98 Å². The Morgan fingerprint density at radius 1 is 1.00 bits per heavy atom. The monoisotopic (exact) mass is 241 g/mol. The summed E-state index contributed by atoms with van der Waals surface area (Å²) in [5, 5.41) is 8.31. The second kappa shape index (κ2) is 5.27. The van der Waals surface area contributed by atoms with Gasteiger partial charge in [-0.1, -0.05) is 25.1 Å². The minimum absolute atomic E-state index is 0.285. The van der Waals surface area contributed by atoms with Gasteiger partial charge in [0.25, 0.3) is 0 Å². The zero-order valence-corrected chi connectivity index (χ0v) is 10.2. The van der Waals surface area contributed by atoms with Crippen LogP contribution in [0.5, 0.6) is 0 Å². The van der Waals surface area contributed by atoms with Gasteiger partial charge in [-0.25, -0.2) is 4.98 Å². The van der Waals surface area contributed by atoms with Gasteiger partial charge in [-0.3, -0.25) is 0 Å². The van der Waals surface area contributed by atoms with E-state index in [1.54, 1.807) is 12.1 Å². The molecule has 1 heterocycles. The molecular formula is C13H15N5. The molecule has 5 heteroatoms. The number of nitrogens with zero attached hydrogens (tertiary/aromatic N) is 3. The van der Waals surface area contributed by atoms with Crippen molar-refractivity contribution in [2.75, 3.05) is 11.5 Å². The quantitative estimate of drug-likeness (QED) is 0.808. The topological polar surface area (TPSA) is 89.6 Å². The van der Waals surface area contributed by atoms with E-state index < -0.39 is 0 Å². The molecule has 0 unspecified atom stereocenters. The number of aryl methyl sites for hydroxylation is 1. The SMILES string of the molecule is CCc1ccccc1N=Nc1ccc(N)nc1N. The van der Waals surface area contributed by atoms with E-state index in [2.05, 4.69) is 22.1 Å². The Bertz CT molecular complexity index is 577. The Balaban J connectivity index is 2.30. The number of pyridine rings is 1. The lowest BCUT2D eigenvalue weighted by molar-refractivity contribution is 1.10. The first-order chi connectivity index (χ1) is 8.70. The molecular weight excluding hydrogens is 226 g/mol. The number of anilines is 2. The fourth-order valence-electron chi connectivity index (χ4n) is 1.58. The first kappa shape index (κ1) is 12.0. The molecule has 0 saturated carbocycles. The summed E-state index contributed by atoms with van der Waals surface area (Å²) < 4.78 is 0. The van der Waals surface area contributed by atoms with E-state index in [0.717, 1.165) is 17.7 Å². The molecule has 0 atom stereocenters. The molecule has 0 aliphatic rings. The van der Waals surface area contributed by atoms with E-state index >= 15 is 0 Å². The minimum Gasteiger partial charge on any atom is -0.384 e. The van der Waals surface area contributed by atoms with Crippen molar-refractivity contribution in [3.8, 4) is 0 Å². The van der Waals surface area contributed by atoms with Crippen LogP contribution in [0.15, 0.2) is 46.6 Å². The van der Waals surface area contributed by atoms with Crippen LogP contribution in [0, 0.1) is 0 Å². The molecule has 4 N–H and O–H groups in total. The number of azo groups is 1. The number of rotatable bonds is 3. The third-order valence-corrected chi connectivity index (χ3v) is 2.56. The van der Waals surface area contributed by atoms with Gasteiger partial charge in [0.15, 0.2) is 5.82 Å². The molecule has 92 valence electrons. The summed E-state index contributed by atoms with van der Waals surface area (Å²) in [6, 6.07) is 11.2. The molecule has 2 aromatic rings. The lowest BCUT2D eigenvalue weighted by Crippen LogP contribution is -1.95. The van der Waals surface area contributed by atoms with Gasteiger partial charge in [-0.2, -0.15) is 5.11 Å². The van der Waals surface area contributed by atoms with E-state index in [-0.39, 0.29) is 5.82 Å². The molecule has 0 bridgehead atoms. The Morgan fingerprint density at radius 2 is 1.72 bits per heavy atom. The van der Waals surface area contributed by atoms with Gasteiger partial charge in [0.2, 0.25) is 0 Å². The molecule has 2 rings (SSSR count). The largest absolute Gasteiger partial charge is 0.384 e. The average molecular weight is 241 g/mol. The average Bonchev–Trinajstić information content (AvgIpc) is 2.38. The van der Waals surface area contributed by atoms with Gasteiger partial charge in [0.05, 0.1) is 5.69 Å². The van der Waals surface area contributed by atoms with Gasteiger partial charge in [0.1, 0.15) is 11.5 Å². The van der Waals surface area contributed by atoms with Crippen LogP contribution in [0.25, 0.3) is 0 Å². The molecule has 0 radical (unpaired) electrons. The first-order valence-corrected chi connectivity index (χ1v) is 5.72. The summed E-state index contributed by atoms with van der Waals surface area (Å²) in [7, 11) is 0. The smallest absolute Gasteiger partial charge is 0.153 e. The zero-order chi connectivity index (χ0) is 13.0. The molecule has 1 aromatic carbocycles. The van der Waals surface area contributed by atoms with Crippen LogP contribution < -0.4 is 11.5 Å². The Kier molecular flexibility index (Phi) is 3.52. The van der Waals surface area contributed by atoms with Gasteiger partial charge >= 0.3 is 0 Å². The van der Waals surface area contributed by atoms with Crippen LogP contribution in [0.3, 0.4) is 0 Å². The van der Waals surface area contributed by atoms with Crippen LogP contribution in [0.1, 0.15) is 12.5 Å². The summed E-state index contributed by atoms with van der Waals surface area (Å²) in [6.45, 7) is 2.08. The van der Waals surface area contributed by atoms with Crippen molar-refractivity contribution in [3.05, 3.63) is 42.0 Å². The van der Waals surface area contributed by atoms with Crippen molar-refractivity contribution in [2.45, 2.75) is 13.3 Å². The number of nitrogens with two attached hydrogens (primary N) is 2. The van der Waals surface area contributed by atoms with Crippen molar-refractivity contribution >= 4 is 23.0 Å². The predicted molar refractivity (Wildman–Crippen MR) is 73.1 cm³/mol. The van der Waals surface area contributed by atoms with Gasteiger partial charge < -0.3 is 11.5 Å².